The van der Waals surface area contributed by atoms with Crippen LogP contribution in [0.5, 0.6) is 0 Å². The first-order valence-electron chi connectivity index (χ1n) is 14.9. The molecule has 4 heteroatoms. The zero-order valence-electron chi connectivity index (χ0n) is 24.5. The van der Waals surface area contributed by atoms with E-state index >= 15 is 0 Å². The molecule has 3 nitrogen and oxygen atoms in total. The van der Waals surface area contributed by atoms with E-state index in [4.69, 9.17) is 15.0 Å². The molecule has 0 radical (unpaired) electrons. The summed E-state index contributed by atoms with van der Waals surface area (Å²) < 4.78 is 0. The largest absolute Gasteiger partial charge is 0.208 e. The molecule has 0 fully saturated rings. The monoisotopic (exact) mass is 583 g/mol. The van der Waals surface area contributed by atoms with Gasteiger partial charge in [0.2, 0.25) is 0 Å². The van der Waals surface area contributed by atoms with Crippen molar-refractivity contribution in [2.24, 2.45) is 0 Å². The fraction of sp³-hybridized carbons (Fsp3) is 0.0750. The van der Waals surface area contributed by atoms with Gasteiger partial charge in [0.1, 0.15) is 0 Å². The Hall–Kier alpha value is -5.06. The van der Waals surface area contributed by atoms with Crippen LogP contribution in [0.15, 0.2) is 149 Å². The van der Waals surface area contributed by atoms with E-state index in [0.717, 1.165) is 38.6 Å². The molecule has 6 aromatic carbocycles. The van der Waals surface area contributed by atoms with Gasteiger partial charge >= 0.3 is 0 Å². The molecule has 0 aliphatic carbocycles. The molecule has 2 heterocycles. The van der Waals surface area contributed by atoms with E-state index in [1.54, 1.807) is 0 Å². The second kappa shape index (κ2) is 10.6. The number of fused-ring (bicyclic) bond motifs is 3. The van der Waals surface area contributed by atoms with Gasteiger partial charge in [-0.05, 0) is 51.2 Å². The fourth-order valence-corrected chi connectivity index (χ4v) is 7.67. The minimum Gasteiger partial charge on any atom is -0.208 e. The summed E-state index contributed by atoms with van der Waals surface area (Å²) in [6, 6.07) is 49.0. The predicted octanol–water partition coefficient (Wildman–Crippen LogP) is 10.5. The number of hydrogen-bond donors (Lipinski definition) is 0. The Morgan fingerprint density at radius 2 is 1.07 bits per heavy atom. The first kappa shape index (κ1) is 26.6. The molecule has 7 aromatic rings. The minimum atomic E-state index is -0.114. The summed E-state index contributed by atoms with van der Waals surface area (Å²) in [5.41, 5.74) is 7.78. The SMILES string of the molecule is CC1(C)c2ccccc2Sc2ccc(-c3ccccc3-c3nc(-c4ccccc4)nc(-c4cccc5ccccc45)n3)cc21. The van der Waals surface area contributed by atoms with Gasteiger partial charge < -0.3 is 0 Å². The van der Waals surface area contributed by atoms with Gasteiger partial charge in [0.05, 0.1) is 0 Å². The molecule has 44 heavy (non-hydrogen) atoms. The molecule has 0 spiro atoms. The van der Waals surface area contributed by atoms with Crippen molar-refractivity contribution in [2.45, 2.75) is 29.1 Å². The average Bonchev–Trinajstić information content (AvgIpc) is 3.08. The van der Waals surface area contributed by atoms with Crippen molar-refractivity contribution in [3.05, 3.63) is 151 Å². The molecule has 0 amide bonds. The van der Waals surface area contributed by atoms with E-state index in [1.165, 1.54) is 20.9 Å². The number of aromatic nitrogens is 3. The second-order valence-electron chi connectivity index (χ2n) is 11.7. The molecule has 0 saturated heterocycles. The maximum Gasteiger partial charge on any atom is 0.164 e. The first-order chi connectivity index (χ1) is 21.6. The summed E-state index contributed by atoms with van der Waals surface area (Å²) >= 11 is 1.86. The molecule has 1 aliphatic heterocycles. The van der Waals surface area contributed by atoms with Crippen molar-refractivity contribution in [1.29, 1.82) is 0 Å². The third-order valence-electron chi connectivity index (χ3n) is 8.61. The Morgan fingerprint density at radius 3 is 1.93 bits per heavy atom. The predicted molar refractivity (Wildman–Crippen MR) is 182 cm³/mol. The summed E-state index contributed by atoms with van der Waals surface area (Å²) in [4.78, 5) is 17.9. The van der Waals surface area contributed by atoms with Crippen LogP contribution in [0.4, 0.5) is 0 Å². The maximum absolute atomic E-state index is 5.16. The van der Waals surface area contributed by atoms with Gasteiger partial charge in [-0.15, -0.1) is 0 Å². The van der Waals surface area contributed by atoms with Crippen LogP contribution in [0.2, 0.25) is 0 Å². The van der Waals surface area contributed by atoms with E-state index in [1.807, 2.05) is 30.0 Å². The molecule has 8 rings (SSSR count). The molecular weight excluding hydrogens is 555 g/mol. The summed E-state index contributed by atoms with van der Waals surface area (Å²) in [7, 11) is 0. The summed E-state index contributed by atoms with van der Waals surface area (Å²) in [6.07, 6.45) is 0. The second-order valence-corrected chi connectivity index (χ2v) is 12.8. The molecule has 0 saturated carbocycles. The van der Waals surface area contributed by atoms with Crippen LogP contribution in [-0.2, 0) is 5.41 Å². The van der Waals surface area contributed by atoms with E-state index in [-0.39, 0.29) is 5.41 Å². The average molecular weight is 584 g/mol. The van der Waals surface area contributed by atoms with Gasteiger partial charge in [-0.1, -0.05) is 147 Å². The van der Waals surface area contributed by atoms with Gasteiger partial charge in [0, 0.05) is 31.9 Å². The van der Waals surface area contributed by atoms with E-state index in [2.05, 4.69) is 135 Å². The third-order valence-corrected chi connectivity index (χ3v) is 9.76. The van der Waals surface area contributed by atoms with Crippen LogP contribution in [0.25, 0.3) is 56.1 Å². The van der Waals surface area contributed by atoms with Crippen LogP contribution in [0.3, 0.4) is 0 Å². The smallest absolute Gasteiger partial charge is 0.164 e. The van der Waals surface area contributed by atoms with Gasteiger partial charge in [-0.2, -0.15) is 0 Å². The van der Waals surface area contributed by atoms with Crippen molar-refractivity contribution in [3.63, 3.8) is 0 Å². The fourth-order valence-electron chi connectivity index (χ4n) is 6.29. The van der Waals surface area contributed by atoms with Crippen LogP contribution >= 0.6 is 11.8 Å². The van der Waals surface area contributed by atoms with Crippen LogP contribution in [0.1, 0.15) is 25.0 Å². The Morgan fingerprint density at radius 1 is 0.455 bits per heavy atom. The molecule has 0 atom stereocenters. The number of benzene rings is 6. The Labute approximate surface area is 261 Å². The Bertz CT molecular complexity index is 2180. The molecule has 210 valence electrons. The summed E-state index contributed by atoms with van der Waals surface area (Å²) in [6.45, 7) is 4.66. The van der Waals surface area contributed by atoms with Crippen molar-refractivity contribution < 1.29 is 0 Å². The molecule has 0 bridgehead atoms. The Kier molecular flexibility index (Phi) is 6.39. The lowest BCUT2D eigenvalue weighted by atomic mass is 9.77. The summed E-state index contributed by atoms with van der Waals surface area (Å²) in [5.74, 6) is 1.99. The van der Waals surface area contributed by atoms with Crippen LogP contribution < -0.4 is 0 Å². The van der Waals surface area contributed by atoms with Crippen molar-refractivity contribution in [2.75, 3.05) is 0 Å². The number of rotatable bonds is 4. The van der Waals surface area contributed by atoms with E-state index < -0.39 is 0 Å². The van der Waals surface area contributed by atoms with Gasteiger partial charge in [-0.3, -0.25) is 0 Å². The minimum absolute atomic E-state index is 0.114. The normalized spacial score (nSPS) is 13.3. The summed E-state index contributed by atoms with van der Waals surface area (Å²) in [5, 5.41) is 2.28. The van der Waals surface area contributed by atoms with Crippen molar-refractivity contribution in [1.82, 2.24) is 15.0 Å². The highest BCUT2D eigenvalue weighted by atomic mass is 32.2. The lowest BCUT2D eigenvalue weighted by Gasteiger charge is -2.35. The zero-order chi connectivity index (χ0) is 29.7. The lowest BCUT2D eigenvalue weighted by molar-refractivity contribution is 0.607. The molecule has 1 aromatic heterocycles. The van der Waals surface area contributed by atoms with E-state index in [9.17, 15) is 0 Å². The molecule has 0 N–H and O–H groups in total. The van der Waals surface area contributed by atoms with Crippen molar-refractivity contribution in [3.8, 4) is 45.3 Å². The van der Waals surface area contributed by atoms with E-state index in [0.29, 0.717) is 17.5 Å². The highest BCUT2D eigenvalue weighted by molar-refractivity contribution is 7.99. The van der Waals surface area contributed by atoms with Crippen LogP contribution in [-0.4, -0.2) is 15.0 Å². The molecule has 0 unspecified atom stereocenters. The third kappa shape index (κ3) is 4.50. The number of hydrogen-bond acceptors (Lipinski definition) is 4. The van der Waals surface area contributed by atoms with Crippen LogP contribution in [0, 0.1) is 0 Å². The molecular formula is C40H29N3S. The topological polar surface area (TPSA) is 38.7 Å². The highest BCUT2D eigenvalue weighted by Crippen LogP contribution is 2.50. The van der Waals surface area contributed by atoms with Gasteiger partial charge in [-0.25, -0.2) is 15.0 Å². The molecule has 1 aliphatic rings. The zero-order valence-corrected chi connectivity index (χ0v) is 25.3. The van der Waals surface area contributed by atoms with Crippen molar-refractivity contribution >= 4 is 22.5 Å². The quantitative estimate of drug-likeness (QED) is 0.207. The van der Waals surface area contributed by atoms with Gasteiger partial charge in [0.25, 0.3) is 0 Å². The number of nitrogens with zero attached hydrogens (tertiary/aromatic N) is 3. The van der Waals surface area contributed by atoms with Gasteiger partial charge in [0.15, 0.2) is 17.5 Å². The highest BCUT2D eigenvalue weighted by Gasteiger charge is 2.33. The Balaban J connectivity index is 1.32. The lowest BCUT2D eigenvalue weighted by Crippen LogP contribution is -2.23. The first-order valence-corrected chi connectivity index (χ1v) is 15.7. The maximum atomic E-state index is 5.16. The standard InChI is InChI=1S/C40H29N3S/c1-40(2)33-21-10-11-22-35(33)44-36-24-23-28(25-34(36)40)30-18-8-9-19-31(30)38-41-37(27-14-4-3-5-15-27)42-39(43-38)32-20-12-16-26-13-6-7-17-29(26)32/h3-25H,1-2H3.